The predicted molar refractivity (Wildman–Crippen MR) is 112 cm³/mol. The molecule has 4 nitrogen and oxygen atoms in total. The second kappa shape index (κ2) is 8.26. The number of nitrogens with one attached hydrogen (secondary N) is 1. The third kappa shape index (κ3) is 5.51. The zero-order chi connectivity index (χ0) is 20.2. The minimum atomic E-state index is -0.482. The van der Waals surface area contributed by atoms with Gasteiger partial charge in [-0.05, 0) is 75.6 Å². The molecule has 1 amide bonds. The number of carbonyl (C=O) groups is 1. The van der Waals surface area contributed by atoms with Crippen molar-refractivity contribution in [2.24, 2.45) is 0 Å². The lowest BCUT2D eigenvalue weighted by Crippen LogP contribution is -2.48. The summed E-state index contributed by atoms with van der Waals surface area (Å²) >= 11 is 0. The third-order valence-electron chi connectivity index (χ3n) is 5.42. The molecule has 0 radical (unpaired) electrons. The first kappa shape index (κ1) is 20.2. The highest BCUT2D eigenvalue weighted by Crippen LogP contribution is 2.42. The molecule has 2 aromatic rings. The van der Waals surface area contributed by atoms with Crippen molar-refractivity contribution in [3.8, 4) is 5.75 Å². The number of alkyl carbamates (subject to hydrolysis) is 1. The fraction of sp³-hybridized carbons (Fsp3) is 0.458. The predicted octanol–water partition coefficient (Wildman–Crippen LogP) is 5.56. The topological polar surface area (TPSA) is 58.6 Å². The first-order valence-electron chi connectivity index (χ1n) is 10.1. The standard InChI is InChI=1S/C24H31NO3/c1-23(2,3)25-22(27)28-24(17-18-7-5-4-6-8-18)15-13-20(14-16-24)19-9-11-21(26)12-10-19/h4-12,20,26H,13-17H2,1-3H3,(H,25,27). The molecule has 3 rings (SSSR count). The zero-order valence-electron chi connectivity index (χ0n) is 17.1. The number of phenols is 1. The molecule has 1 fully saturated rings. The van der Waals surface area contributed by atoms with Crippen molar-refractivity contribution < 1.29 is 14.6 Å². The van der Waals surface area contributed by atoms with Crippen LogP contribution in [0.25, 0.3) is 0 Å². The number of amides is 1. The number of phenolic OH excluding ortho intramolecular Hbond substituents is 1. The average molecular weight is 382 g/mol. The van der Waals surface area contributed by atoms with Crippen LogP contribution in [0.3, 0.4) is 0 Å². The van der Waals surface area contributed by atoms with E-state index in [1.807, 2.05) is 51.1 Å². The first-order valence-corrected chi connectivity index (χ1v) is 10.1. The van der Waals surface area contributed by atoms with Crippen molar-refractivity contribution in [3.05, 3.63) is 65.7 Å². The molecule has 4 heteroatoms. The van der Waals surface area contributed by atoms with E-state index in [4.69, 9.17) is 4.74 Å². The summed E-state index contributed by atoms with van der Waals surface area (Å²) in [6.07, 6.45) is 3.95. The molecule has 0 unspecified atom stereocenters. The first-order chi connectivity index (χ1) is 13.2. The summed E-state index contributed by atoms with van der Waals surface area (Å²) < 4.78 is 6.07. The Hall–Kier alpha value is -2.49. The molecule has 0 bridgehead atoms. The van der Waals surface area contributed by atoms with Crippen LogP contribution in [0.15, 0.2) is 54.6 Å². The van der Waals surface area contributed by atoms with E-state index in [1.165, 1.54) is 11.1 Å². The average Bonchev–Trinajstić information content (AvgIpc) is 2.62. The van der Waals surface area contributed by atoms with Gasteiger partial charge in [-0.3, -0.25) is 0 Å². The lowest BCUT2D eigenvalue weighted by atomic mass is 9.73. The van der Waals surface area contributed by atoms with Gasteiger partial charge in [-0.25, -0.2) is 4.79 Å². The second-order valence-corrected chi connectivity index (χ2v) is 8.98. The number of hydrogen-bond acceptors (Lipinski definition) is 3. The summed E-state index contributed by atoms with van der Waals surface area (Å²) in [4.78, 5) is 12.6. The number of carbonyl (C=O) groups excluding carboxylic acids is 1. The maximum Gasteiger partial charge on any atom is 0.408 e. The molecular weight excluding hydrogens is 350 g/mol. The van der Waals surface area contributed by atoms with Crippen LogP contribution >= 0.6 is 0 Å². The minimum Gasteiger partial charge on any atom is -0.508 e. The molecule has 1 saturated carbocycles. The maximum atomic E-state index is 12.6. The van der Waals surface area contributed by atoms with E-state index < -0.39 is 5.60 Å². The number of aromatic hydroxyl groups is 1. The van der Waals surface area contributed by atoms with Gasteiger partial charge in [0.15, 0.2) is 0 Å². The quantitative estimate of drug-likeness (QED) is 0.729. The number of benzene rings is 2. The van der Waals surface area contributed by atoms with Gasteiger partial charge in [-0.15, -0.1) is 0 Å². The Kier molecular flexibility index (Phi) is 5.97. The molecule has 0 aromatic heterocycles. The molecule has 2 N–H and O–H groups in total. The van der Waals surface area contributed by atoms with Crippen LogP contribution in [-0.2, 0) is 11.2 Å². The van der Waals surface area contributed by atoms with E-state index >= 15 is 0 Å². The summed E-state index contributed by atoms with van der Waals surface area (Å²) in [5.41, 5.74) is 1.62. The van der Waals surface area contributed by atoms with E-state index in [1.54, 1.807) is 12.1 Å². The van der Waals surface area contributed by atoms with E-state index in [0.29, 0.717) is 11.7 Å². The molecule has 0 heterocycles. The van der Waals surface area contributed by atoms with Gasteiger partial charge in [0, 0.05) is 12.0 Å². The summed E-state index contributed by atoms with van der Waals surface area (Å²) in [6.45, 7) is 5.87. The highest BCUT2D eigenvalue weighted by atomic mass is 16.6. The molecule has 1 aliphatic rings. The van der Waals surface area contributed by atoms with Crippen LogP contribution in [0, 0.1) is 0 Å². The summed E-state index contributed by atoms with van der Waals surface area (Å²) in [5.74, 6) is 0.721. The van der Waals surface area contributed by atoms with Crippen molar-refractivity contribution >= 4 is 6.09 Å². The van der Waals surface area contributed by atoms with Crippen LogP contribution in [0.2, 0.25) is 0 Å². The summed E-state index contributed by atoms with van der Waals surface area (Å²) in [7, 11) is 0. The number of ether oxygens (including phenoxy) is 1. The highest BCUT2D eigenvalue weighted by molar-refractivity contribution is 5.68. The second-order valence-electron chi connectivity index (χ2n) is 8.98. The van der Waals surface area contributed by atoms with E-state index in [-0.39, 0.29) is 11.6 Å². The van der Waals surface area contributed by atoms with Gasteiger partial charge in [0.2, 0.25) is 0 Å². The SMILES string of the molecule is CC(C)(C)NC(=O)OC1(Cc2ccccc2)CCC(c2ccc(O)cc2)CC1. The van der Waals surface area contributed by atoms with Gasteiger partial charge < -0.3 is 15.2 Å². The smallest absolute Gasteiger partial charge is 0.408 e. The monoisotopic (exact) mass is 381 g/mol. The molecule has 1 aliphatic carbocycles. The van der Waals surface area contributed by atoms with Crippen LogP contribution in [0.5, 0.6) is 5.75 Å². The maximum absolute atomic E-state index is 12.6. The van der Waals surface area contributed by atoms with Crippen LogP contribution < -0.4 is 5.32 Å². The van der Waals surface area contributed by atoms with Crippen molar-refractivity contribution in [3.63, 3.8) is 0 Å². The molecular formula is C24H31NO3. The number of rotatable bonds is 4. The zero-order valence-corrected chi connectivity index (χ0v) is 17.1. The lowest BCUT2D eigenvalue weighted by Gasteiger charge is -2.40. The van der Waals surface area contributed by atoms with E-state index in [2.05, 4.69) is 17.4 Å². The minimum absolute atomic E-state index is 0.292. The summed E-state index contributed by atoms with van der Waals surface area (Å²) in [5, 5.41) is 12.5. The molecule has 2 aromatic carbocycles. The Labute approximate surface area is 167 Å². The van der Waals surface area contributed by atoms with E-state index in [0.717, 1.165) is 32.1 Å². The van der Waals surface area contributed by atoms with Crippen molar-refractivity contribution in [1.82, 2.24) is 5.32 Å². The Bertz CT molecular complexity index is 770. The fourth-order valence-electron chi connectivity index (χ4n) is 4.03. The largest absolute Gasteiger partial charge is 0.508 e. The normalized spacial score (nSPS) is 22.5. The Morgan fingerprint density at radius 2 is 1.68 bits per heavy atom. The lowest BCUT2D eigenvalue weighted by molar-refractivity contribution is -0.0225. The third-order valence-corrected chi connectivity index (χ3v) is 5.42. The van der Waals surface area contributed by atoms with Gasteiger partial charge in [-0.2, -0.15) is 0 Å². The Morgan fingerprint density at radius 3 is 2.25 bits per heavy atom. The Morgan fingerprint density at radius 1 is 1.07 bits per heavy atom. The molecule has 0 atom stereocenters. The van der Waals surface area contributed by atoms with Gasteiger partial charge in [0.25, 0.3) is 0 Å². The van der Waals surface area contributed by atoms with Crippen LogP contribution in [-0.4, -0.2) is 22.3 Å². The van der Waals surface area contributed by atoms with Gasteiger partial charge >= 0.3 is 6.09 Å². The highest BCUT2D eigenvalue weighted by Gasteiger charge is 2.39. The van der Waals surface area contributed by atoms with Gasteiger partial charge in [-0.1, -0.05) is 42.5 Å². The van der Waals surface area contributed by atoms with Crippen LogP contribution in [0.4, 0.5) is 4.79 Å². The Balaban J connectivity index is 1.74. The van der Waals surface area contributed by atoms with Gasteiger partial charge in [0.1, 0.15) is 11.4 Å². The molecule has 0 spiro atoms. The summed E-state index contributed by atoms with van der Waals surface area (Å²) in [6, 6.07) is 17.7. The molecule has 0 aliphatic heterocycles. The van der Waals surface area contributed by atoms with Gasteiger partial charge in [0.05, 0.1) is 0 Å². The molecule has 150 valence electrons. The van der Waals surface area contributed by atoms with Crippen LogP contribution in [0.1, 0.15) is 63.5 Å². The van der Waals surface area contributed by atoms with Crippen molar-refractivity contribution in [1.29, 1.82) is 0 Å². The number of hydrogen-bond donors (Lipinski definition) is 2. The fourth-order valence-corrected chi connectivity index (χ4v) is 4.03. The molecule has 0 saturated heterocycles. The van der Waals surface area contributed by atoms with Crippen molar-refractivity contribution in [2.45, 2.75) is 69.9 Å². The molecule has 28 heavy (non-hydrogen) atoms. The van der Waals surface area contributed by atoms with E-state index in [9.17, 15) is 9.90 Å². The van der Waals surface area contributed by atoms with Crippen molar-refractivity contribution in [2.75, 3.05) is 0 Å².